The fraction of sp³-hybridized carbons (Fsp3) is 0.111. The van der Waals surface area contributed by atoms with E-state index in [4.69, 9.17) is 27.9 Å². The standard InChI is InChI=1S/C27H22Cl2N2O3/c1-17-13-24(18(2)31(17)23-11-7-4-8-12-23)27(33)34-25(19-9-5-3-6-10-19)26(32)30-22-15-20(28)14-21(29)16-22/h3-16,25H,1-2H3,(H,30,32)/t25-/m0/s1. The first-order valence-electron chi connectivity index (χ1n) is 10.6. The molecule has 5 nitrogen and oxygen atoms in total. The summed E-state index contributed by atoms with van der Waals surface area (Å²) < 4.78 is 7.75. The number of hydrogen-bond donors (Lipinski definition) is 1. The SMILES string of the molecule is Cc1cc(C(=O)O[C@H](C(=O)Nc2cc(Cl)cc(Cl)c2)c2ccccc2)c(C)n1-c1ccccc1. The van der Waals surface area contributed by atoms with Crippen molar-refractivity contribution < 1.29 is 14.3 Å². The zero-order valence-electron chi connectivity index (χ0n) is 18.6. The number of carbonyl (C=O) groups is 2. The van der Waals surface area contributed by atoms with E-state index in [1.54, 1.807) is 48.5 Å². The van der Waals surface area contributed by atoms with Crippen molar-refractivity contribution in [2.75, 3.05) is 5.32 Å². The van der Waals surface area contributed by atoms with Gasteiger partial charge in [-0.1, -0.05) is 71.7 Å². The molecule has 3 aromatic carbocycles. The predicted molar refractivity (Wildman–Crippen MR) is 135 cm³/mol. The van der Waals surface area contributed by atoms with Crippen molar-refractivity contribution in [2.24, 2.45) is 0 Å². The van der Waals surface area contributed by atoms with E-state index in [2.05, 4.69) is 5.32 Å². The fourth-order valence-electron chi connectivity index (χ4n) is 3.85. The molecule has 0 spiro atoms. The lowest BCUT2D eigenvalue weighted by Gasteiger charge is -2.18. The van der Waals surface area contributed by atoms with E-state index in [1.807, 2.05) is 54.8 Å². The molecule has 0 fully saturated rings. The van der Waals surface area contributed by atoms with Crippen LogP contribution in [0.3, 0.4) is 0 Å². The molecule has 0 saturated carbocycles. The molecule has 1 atom stereocenters. The second kappa shape index (κ2) is 10.2. The molecule has 0 radical (unpaired) electrons. The van der Waals surface area contributed by atoms with Crippen LogP contribution >= 0.6 is 23.2 Å². The lowest BCUT2D eigenvalue weighted by molar-refractivity contribution is -0.125. The number of aromatic nitrogens is 1. The number of para-hydroxylation sites is 1. The van der Waals surface area contributed by atoms with Crippen molar-refractivity contribution >= 4 is 40.8 Å². The first-order chi connectivity index (χ1) is 16.3. The molecule has 0 unspecified atom stereocenters. The molecule has 1 amide bonds. The number of nitrogens with one attached hydrogen (secondary N) is 1. The van der Waals surface area contributed by atoms with Gasteiger partial charge in [-0.3, -0.25) is 4.79 Å². The summed E-state index contributed by atoms with van der Waals surface area (Å²) in [6.07, 6.45) is -1.17. The minimum absolute atomic E-state index is 0.379. The first-order valence-corrected chi connectivity index (χ1v) is 11.4. The molecule has 0 saturated heterocycles. The summed E-state index contributed by atoms with van der Waals surface area (Å²) >= 11 is 12.1. The van der Waals surface area contributed by atoms with Gasteiger partial charge in [0.05, 0.1) is 5.56 Å². The molecule has 0 aliphatic heterocycles. The summed E-state index contributed by atoms with van der Waals surface area (Å²) in [6, 6.07) is 25.1. The summed E-state index contributed by atoms with van der Waals surface area (Å²) in [4.78, 5) is 26.5. The second-order valence-corrected chi connectivity index (χ2v) is 8.67. The van der Waals surface area contributed by atoms with Crippen LogP contribution in [0.2, 0.25) is 10.0 Å². The average molecular weight is 493 g/mol. The molecule has 1 heterocycles. The molecule has 0 bridgehead atoms. The van der Waals surface area contributed by atoms with Gasteiger partial charge in [-0.15, -0.1) is 0 Å². The number of amides is 1. The molecule has 34 heavy (non-hydrogen) atoms. The number of ether oxygens (including phenoxy) is 1. The molecule has 0 aliphatic rings. The van der Waals surface area contributed by atoms with E-state index in [9.17, 15) is 9.59 Å². The van der Waals surface area contributed by atoms with Gasteiger partial charge in [0, 0.05) is 38.4 Å². The number of esters is 1. The number of benzene rings is 3. The highest BCUT2D eigenvalue weighted by molar-refractivity contribution is 6.35. The molecule has 0 aliphatic carbocycles. The van der Waals surface area contributed by atoms with Crippen molar-refractivity contribution in [1.82, 2.24) is 4.57 Å². The zero-order valence-corrected chi connectivity index (χ0v) is 20.1. The monoisotopic (exact) mass is 492 g/mol. The summed E-state index contributed by atoms with van der Waals surface area (Å²) in [5.41, 5.74) is 3.88. The highest BCUT2D eigenvalue weighted by Gasteiger charge is 2.28. The number of hydrogen-bond acceptors (Lipinski definition) is 3. The van der Waals surface area contributed by atoms with Gasteiger partial charge in [-0.25, -0.2) is 4.79 Å². The number of nitrogens with zero attached hydrogens (tertiary/aromatic N) is 1. The fourth-order valence-corrected chi connectivity index (χ4v) is 4.37. The topological polar surface area (TPSA) is 60.3 Å². The van der Waals surface area contributed by atoms with E-state index in [-0.39, 0.29) is 0 Å². The molecule has 4 rings (SSSR count). The summed E-state index contributed by atoms with van der Waals surface area (Å²) in [5.74, 6) is -1.11. The quantitative estimate of drug-likeness (QED) is 0.296. The Bertz CT molecular complexity index is 1310. The Morgan fingerprint density at radius 1 is 0.853 bits per heavy atom. The molecule has 1 N–H and O–H groups in total. The van der Waals surface area contributed by atoms with Gasteiger partial charge in [0.15, 0.2) is 0 Å². The molecule has 1 aromatic heterocycles. The highest BCUT2D eigenvalue weighted by atomic mass is 35.5. The van der Waals surface area contributed by atoms with Crippen LogP contribution in [0.4, 0.5) is 5.69 Å². The van der Waals surface area contributed by atoms with Gasteiger partial charge < -0.3 is 14.6 Å². The van der Waals surface area contributed by atoms with Crippen molar-refractivity contribution in [1.29, 1.82) is 0 Å². The third kappa shape index (κ3) is 5.16. The van der Waals surface area contributed by atoms with Crippen molar-refractivity contribution in [3.05, 3.63) is 117 Å². The van der Waals surface area contributed by atoms with Gasteiger partial charge in [-0.05, 0) is 50.2 Å². The van der Waals surface area contributed by atoms with Gasteiger partial charge >= 0.3 is 5.97 Å². The van der Waals surface area contributed by atoms with E-state index in [0.717, 1.165) is 17.1 Å². The maximum Gasteiger partial charge on any atom is 0.341 e. The van der Waals surface area contributed by atoms with Gasteiger partial charge in [0.2, 0.25) is 6.10 Å². The number of rotatable bonds is 6. The Morgan fingerprint density at radius 2 is 1.44 bits per heavy atom. The Morgan fingerprint density at radius 3 is 2.06 bits per heavy atom. The smallest absolute Gasteiger partial charge is 0.341 e. The van der Waals surface area contributed by atoms with E-state index < -0.39 is 18.0 Å². The number of carbonyl (C=O) groups excluding carboxylic acids is 2. The van der Waals surface area contributed by atoms with Gasteiger partial charge in [-0.2, -0.15) is 0 Å². The third-order valence-electron chi connectivity index (χ3n) is 5.36. The first kappa shape index (κ1) is 23.6. The minimum atomic E-state index is -1.17. The maximum absolute atomic E-state index is 13.3. The van der Waals surface area contributed by atoms with Crippen molar-refractivity contribution in [3.8, 4) is 5.69 Å². The molecule has 172 valence electrons. The number of anilines is 1. The van der Waals surface area contributed by atoms with Crippen LogP contribution in [0.15, 0.2) is 84.9 Å². The van der Waals surface area contributed by atoms with Crippen LogP contribution in [-0.2, 0) is 9.53 Å². The summed E-state index contributed by atoms with van der Waals surface area (Å²) in [5, 5.41) is 3.50. The maximum atomic E-state index is 13.3. The highest BCUT2D eigenvalue weighted by Crippen LogP contribution is 2.27. The average Bonchev–Trinajstić information content (AvgIpc) is 3.11. The van der Waals surface area contributed by atoms with Crippen LogP contribution in [0, 0.1) is 13.8 Å². The zero-order chi connectivity index (χ0) is 24.2. The Balaban J connectivity index is 1.64. The second-order valence-electron chi connectivity index (χ2n) is 7.80. The van der Waals surface area contributed by atoms with E-state index >= 15 is 0 Å². The Kier molecular flexibility index (Phi) is 7.06. The molecular weight excluding hydrogens is 471 g/mol. The predicted octanol–water partition coefficient (Wildman–Crippen LogP) is 6.94. The normalized spacial score (nSPS) is 11.6. The molecular formula is C27H22Cl2N2O3. The molecule has 7 heteroatoms. The Hall–Kier alpha value is -3.54. The van der Waals surface area contributed by atoms with E-state index in [1.165, 1.54) is 0 Å². The van der Waals surface area contributed by atoms with Crippen LogP contribution in [0.1, 0.15) is 33.4 Å². The number of halogens is 2. The van der Waals surface area contributed by atoms with Crippen LogP contribution in [-0.4, -0.2) is 16.4 Å². The van der Waals surface area contributed by atoms with Gasteiger partial charge in [0.1, 0.15) is 0 Å². The van der Waals surface area contributed by atoms with Crippen LogP contribution < -0.4 is 5.32 Å². The van der Waals surface area contributed by atoms with Gasteiger partial charge in [0.25, 0.3) is 5.91 Å². The molecule has 4 aromatic rings. The van der Waals surface area contributed by atoms with Crippen molar-refractivity contribution in [3.63, 3.8) is 0 Å². The summed E-state index contributed by atoms with van der Waals surface area (Å²) in [7, 11) is 0. The lowest BCUT2D eigenvalue weighted by Crippen LogP contribution is -2.26. The largest absolute Gasteiger partial charge is 0.444 e. The third-order valence-corrected chi connectivity index (χ3v) is 5.80. The van der Waals surface area contributed by atoms with Crippen molar-refractivity contribution in [2.45, 2.75) is 20.0 Å². The minimum Gasteiger partial charge on any atom is -0.444 e. The van der Waals surface area contributed by atoms with Crippen LogP contribution in [0.5, 0.6) is 0 Å². The Labute approximate surface area is 207 Å². The lowest BCUT2D eigenvalue weighted by atomic mass is 10.1. The number of aryl methyl sites for hydroxylation is 1. The van der Waals surface area contributed by atoms with Crippen LogP contribution in [0.25, 0.3) is 5.69 Å². The summed E-state index contributed by atoms with van der Waals surface area (Å²) in [6.45, 7) is 3.77. The van der Waals surface area contributed by atoms with E-state index in [0.29, 0.717) is 26.9 Å².